The number of carbonyl (C=O) groups is 1. The van der Waals surface area contributed by atoms with Gasteiger partial charge in [0.2, 0.25) is 15.9 Å². The molecule has 9 heteroatoms. The normalized spacial score (nSPS) is 13.7. The molecule has 1 amide bonds. The van der Waals surface area contributed by atoms with Crippen molar-refractivity contribution in [2.24, 2.45) is 0 Å². The van der Waals surface area contributed by atoms with Crippen LogP contribution in [0.2, 0.25) is 0 Å². The number of benzene rings is 2. The summed E-state index contributed by atoms with van der Waals surface area (Å²) >= 11 is 0. The third kappa shape index (κ3) is 5.31. The van der Waals surface area contributed by atoms with Gasteiger partial charge in [0.25, 0.3) is 0 Å². The summed E-state index contributed by atoms with van der Waals surface area (Å²) in [5.74, 6) is 0.270. The van der Waals surface area contributed by atoms with Gasteiger partial charge < -0.3 is 9.88 Å². The zero-order valence-electron chi connectivity index (χ0n) is 18.5. The van der Waals surface area contributed by atoms with E-state index in [1.807, 2.05) is 30.5 Å². The molecule has 0 atom stereocenters. The summed E-state index contributed by atoms with van der Waals surface area (Å²) in [5.41, 5.74) is 2.95. The molecule has 174 valence electrons. The van der Waals surface area contributed by atoms with Crippen LogP contribution in [0.15, 0.2) is 59.6 Å². The fraction of sp³-hybridized carbons (Fsp3) is 0.333. The van der Waals surface area contributed by atoms with Crippen molar-refractivity contribution in [3.63, 3.8) is 0 Å². The molecule has 0 radical (unpaired) electrons. The van der Waals surface area contributed by atoms with E-state index in [1.165, 1.54) is 35.6 Å². The van der Waals surface area contributed by atoms with Gasteiger partial charge in [-0.15, -0.1) is 0 Å². The molecule has 4 rings (SSSR count). The lowest BCUT2D eigenvalue weighted by Crippen LogP contribution is -2.28. The third-order valence-corrected chi connectivity index (χ3v) is 7.70. The molecule has 2 aromatic carbocycles. The maximum atomic E-state index is 13.1. The zero-order chi connectivity index (χ0) is 23.4. The smallest absolute Gasteiger partial charge is 0.242 e. The van der Waals surface area contributed by atoms with Gasteiger partial charge in [-0.25, -0.2) is 22.1 Å². The highest BCUT2D eigenvalue weighted by atomic mass is 32.2. The van der Waals surface area contributed by atoms with Crippen LogP contribution in [-0.4, -0.2) is 41.8 Å². The number of hydrogen-bond acceptors (Lipinski definition) is 4. The monoisotopic (exact) mass is 470 g/mol. The van der Waals surface area contributed by atoms with Crippen molar-refractivity contribution in [3.8, 4) is 11.4 Å². The molecule has 3 aromatic rings. The molecular formula is C24H27FN4O3S. The van der Waals surface area contributed by atoms with Crippen LogP contribution in [0.4, 0.5) is 10.1 Å². The van der Waals surface area contributed by atoms with Crippen LogP contribution in [0.3, 0.4) is 0 Å². The van der Waals surface area contributed by atoms with E-state index in [1.54, 1.807) is 0 Å². The molecular weight excluding hydrogens is 443 g/mol. The summed E-state index contributed by atoms with van der Waals surface area (Å²) in [7, 11) is -2.27. The van der Waals surface area contributed by atoms with Gasteiger partial charge in [-0.05, 0) is 74.2 Å². The first-order valence-electron chi connectivity index (χ1n) is 11.0. The van der Waals surface area contributed by atoms with Gasteiger partial charge >= 0.3 is 0 Å². The summed E-state index contributed by atoms with van der Waals surface area (Å²) in [6, 6.07) is 12.3. The van der Waals surface area contributed by atoms with Gasteiger partial charge in [0.05, 0.1) is 4.90 Å². The molecule has 1 aliphatic rings. The van der Waals surface area contributed by atoms with Crippen molar-refractivity contribution in [1.29, 1.82) is 0 Å². The number of aryl methyl sites for hydroxylation is 1. The summed E-state index contributed by atoms with van der Waals surface area (Å²) in [4.78, 5) is 16.9. The first-order chi connectivity index (χ1) is 15.8. The largest absolute Gasteiger partial charge is 0.328 e. The highest BCUT2D eigenvalue weighted by molar-refractivity contribution is 7.89. The SMILES string of the molecule is CN(CCCC(=O)Nc1ccc(-c2ncc3n2CCCC3)cc1)S(=O)(=O)c1ccc(F)cc1. The first kappa shape index (κ1) is 23.1. The van der Waals surface area contributed by atoms with Crippen molar-refractivity contribution in [2.75, 3.05) is 18.9 Å². The fourth-order valence-electron chi connectivity index (χ4n) is 3.96. The number of hydrogen-bond donors (Lipinski definition) is 1. The van der Waals surface area contributed by atoms with Crippen molar-refractivity contribution in [2.45, 2.75) is 43.5 Å². The van der Waals surface area contributed by atoms with Crippen molar-refractivity contribution < 1.29 is 17.6 Å². The number of nitrogens with zero attached hydrogens (tertiary/aromatic N) is 3. The lowest BCUT2D eigenvalue weighted by atomic mass is 10.1. The van der Waals surface area contributed by atoms with Crippen LogP contribution in [0.5, 0.6) is 0 Å². The summed E-state index contributed by atoms with van der Waals surface area (Å²) < 4.78 is 41.5. The summed E-state index contributed by atoms with van der Waals surface area (Å²) in [6.45, 7) is 1.16. The van der Waals surface area contributed by atoms with Crippen molar-refractivity contribution >= 4 is 21.6 Å². The van der Waals surface area contributed by atoms with Gasteiger partial charge in [0, 0.05) is 49.7 Å². The molecule has 0 aliphatic carbocycles. The van der Waals surface area contributed by atoms with E-state index >= 15 is 0 Å². The molecule has 7 nitrogen and oxygen atoms in total. The Morgan fingerprint density at radius 1 is 1.12 bits per heavy atom. The van der Waals surface area contributed by atoms with Gasteiger partial charge in [-0.2, -0.15) is 0 Å². The maximum absolute atomic E-state index is 13.1. The van der Waals surface area contributed by atoms with E-state index in [9.17, 15) is 17.6 Å². The number of rotatable bonds is 8. The molecule has 0 spiro atoms. The van der Waals surface area contributed by atoms with Crippen LogP contribution in [0.25, 0.3) is 11.4 Å². The number of halogens is 1. The second-order valence-corrected chi connectivity index (χ2v) is 10.2. The maximum Gasteiger partial charge on any atom is 0.242 e. The number of fused-ring (bicyclic) bond motifs is 1. The lowest BCUT2D eigenvalue weighted by molar-refractivity contribution is -0.116. The van der Waals surface area contributed by atoms with E-state index in [-0.39, 0.29) is 23.8 Å². The van der Waals surface area contributed by atoms with Gasteiger partial charge in [-0.3, -0.25) is 4.79 Å². The predicted octanol–water partition coefficient (Wildman–Crippen LogP) is 4.06. The van der Waals surface area contributed by atoms with E-state index in [0.717, 1.165) is 42.9 Å². The number of sulfonamides is 1. The Kier molecular flexibility index (Phi) is 6.90. The molecule has 0 bridgehead atoms. The summed E-state index contributed by atoms with van der Waals surface area (Å²) in [5, 5.41) is 2.85. The zero-order valence-corrected chi connectivity index (χ0v) is 19.3. The number of nitrogens with one attached hydrogen (secondary N) is 1. The minimum absolute atomic E-state index is 0.0229. The number of imidazole rings is 1. The standard InChI is InChI=1S/C24H27FN4O3S/c1-28(33(31,32)22-13-9-19(25)10-14-22)15-4-6-23(30)27-20-11-7-18(8-12-20)24-26-17-21-5-2-3-16-29(21)24/h7-14,17H,2-6,15-16H2,1H3,(H,27,30). The number of amides is 1. The van der Waals surface area contributed by atoms with Crippen molar-refractivity contribution in [1.82, 2.24) is 13.9 Å². The van der Waals surface area contributed by atoms with Crippen LogP contribution in [0.1, 0.15) is 31.4 Å². The number of anilines is 1. The Labute approximate surface area is 193 Å². The molecule has 1 N–H and O–H groups in total. The Hall–Kier alpha value is -3.04. The lowest BCUT2D eigenvalue weighted by Gasteiger charge is -2.17. The first-order valence-corrected chi connectivity index (χ1v) is 12.5. The molecule has 0 fully saturated rings. The number of aromatic nitrogens is 2. The predicted molar refractivity (Wildman–Crippen MR) is 125 cm³/mol. The van der Waals surface area contributed by atoms with Crippen molar-refractivity contribution in [3.05, 3.63) is 66.2 Å². The van der Waals surface area contributed by atoms with Gasteiger partial charge in [-0.1, -0.05) is 0 Å². The fourth-order valence-corrected chi connectivity index (χ4v) is 5.17. The Bertz CT molecular complexity index is 1220. The molecule has 1 aromatic heterocycles. The minimum Gasteiger partial charge on any atom is -0.328 e. The molecule has 1 aliphatic heterocycles. The quantitative estimate of drug-likeness (QED) is 0.538. The highest BCUT2D eigenvalue weighted by Gasteiger charge is 2.20. The average molecular weight is 471 g/mol. The van der Waals surface area contributed by atoms with Crippen LogP contribution in [0, 0.1) is 5.82 Å². The highest BCUT2D eigenvalue weighted by Crippen LogP contribution is 2.25. The van der Waals surface area contributed by atoms with Crippen LogP contribution < -0.4 is 5.32 Å². The number of carbonyl (C=O) groups excluding carboxylic acids is 1. The summed E-state index contributed by atoms with van der Waals surface area (Å²) in [6.07, 6.45) is 5.90. The van der Waals surface area contributed by atoms with Gasteiger partial charge in [0.15, 0.2) is 0 Å². The van der Waals surface area contributed by atoms with Crippen LogP contribution >= 0.6 is 0 Å². The molecule has 0 saturated heterocycles. The van der Waals surface area contributed by atoms with E-state index in [2.05, 4.69) is 14.9 Å². The van der Waals surface area contributed by atoms with Crippen LogP contribution in [-0.2, 0) is 27.8 Å². The Balaban J connectivity index is 1.28. The Morgan fingerprint density at radius 2 is 1.85 bits per heavy atom. The van der Waals surface area contributed by atoms with E-state index in [0.29, 0.717) is 12.1 Å². The molecule has 0 saturated carbocycles. The van der Waals surface area contributed by atoms with E-state index < -0.39 is 15.8 Å². The molecule has 0 unspecified atom stereocenters. The second-order valence-electron chi connectivity index (χ2n) is 8.19. The van der Waals surface area contributed by atoms with E-state index in [4.69, 9.17) is 0 Å². The minimum atomic E-state index is -3.72. The molecule has 33 heavy (non-hydrogen) atoms. The third-order valence-electron chi connectivity index (χ3n) is 5.83. The Morgan fingerprint density at radius 3 is 2.58 bits per heavy atom. The second kappa shape index (κ2) is 9.84. The molecule has 2 heterocycles. The average Bonchev–Trinajstić information content (AvgIpc) is 3.24. The topological polar surface area (TPSA) is 84.3 Å². The van der Waals surface area contributed by atoms with Gasteiger partial charge in [0.1, 0.15) is 11.6 Å².